The Kier molecular flexibility index (Phi) is 5.01. The van der Waals surface area contributed by atoms with E-state index < -0.39 is 0 Å². The topological polar surface area (TPSA) is 29.5 Å². The van der Waals surface area contributed by atoms with Crippen LogP contribution in [0.25, 0.3) is 0 Å². The van der Waals surface area contributed by atoms with Gasteiger partial charge in [0.1, 0.15) is 12.4 Å². The lowest BCUT2D eigenvalue weighted by Gasteiger charge is -2.08. The predicted molar refractivity (Wildman–Crippen MR) is 60.6 cm³/mol. The molecule has 0 unspecified atom stereocenters. The van der Waals surface area contributed by atoms with Crippen molar-refractivity contribution in [1.29, 1.82) is 0 Å². The van der Waals surface area contributed by atoms with Crippen molar-refractivity contribution in [3.63, 3.8) is 0 Å². The predicted octanol–water partition coefficient (Wildman–Crippen LogP) is 3.07. The van der Waals surface area contributed by atoms with Crippen LogP contribution in [-0.2, 0) is 6.61 Å². The highest BCUT2D eigenvalue weighted by molar-refractivity contribution is 9.10. The first-order valence-corrected chi connectivity index (χ1v) is 5.28. The van der Waals surface area contributed by atoms with Gasteiger partial charge in [-0.2, -0.15) is 0 Å². The van der Waals surface area contributed by atoms with Gasteiger partial charge in [-0.05, 0) is 24.3 Å². The van der Waals surface area contributed by atoms with Crippen LogP contribution in [0, 0.1) is 0 Å². The van der Waals surface area contributed by atoms with Crippen molar-refractivity contribution in [3.8, 4) is 5.75 Å². The number of rotatable bonds is 4. The second-order valence-electron chi connectivity index (χ2n) is 2.58. The molecule has 0 saturated carbocycles. The molecule has 14 heavy (non-hydrogen) atoms. The fourth-order valence-corrected chi connectivity index (χ4v) is 1.47. The molecule has 1 aromatic carbocycles. The fraction of sp³-hybridized carbons (Fsp3) is 0.200. The van der Waals surface area contributed by atoms with Crippen LogP contribution in [-0.4, -0.2) is 11.7 Å². The van der Waals surface area contributed by atoms with Crippen molar-refractivity contribution in [3.05, 3.63) is 39.8 Å². The summed E-state index contributed by atoms with van der Waals surface area (Å²) in [5, 5.41) is 9.05. The summed E-state index contributed by atoms with van der Waals surface area (Å²) in [6, 6.07) is 5.48. The van der Waals surface area contributed by atoms with Crippen LogP contribution >= 0.6 is 27.5 Å². The molecule has 0 aliphatic rings. The third kappa shape index (κ3) is 3.33. The van der Waals surface area contributed by atoms with Crippen LogP contribution in [0.5, 0.6) is 5.75 Å². The average Bonchev–Trinajstić information content (AvgIpc) is 2.20. The Morgan fingerprint density at radius 1 is 1.50 bits per heavy atom. The maximum atomic E-state index is 9.05. The first kappa shape index (κ1) is 11.6. The Labute approximate surface area is 96.3 Å². The van der Waals surface area contributed by atoms with Crippen molar-refractivity contribution >= 4 is 27.5 Å². The van der Waals surface area contributed by atoms with E-state index >= 15 is 0 Å². The second kappa shape index (κ2) is 6.06. The lowest BCUT2D eigenvalue weighted by Crippen LogP contribution is -1.97. The summed E-state index contributed by atoms with van der Waals surface area (Å²) in [5.41, 5.74) is 2.15. The standard InChI is InChI=1S/C10H10BrClO2/c11-9-2-3-10(8(6-9)7-13)14-5-1-4-12/h1-4,6,13H,5,7H2/b4-1+. The maximum Gasteiger partial charge on any atom is 0.125 e. The molecule has 1 rings (SSSR count). The largest absolute Gasteiger partial charge is 0.489 e. The summed E-state index contributed by atoms with van der Waals surface area (Å²) in [7, 11) is 0. The molecular formula is C10H10BrClO2. The molecular weight excluding hydrogens is 267 g/mol. The molecule has 4 heteroatoms. The van der Waals surface area contributed by atoms with Gasteiger partial charge in [-0.15, -0.1) is 0 Å². The minimum Gasteiger partial charge on any atom is -0.489 e. The summed E-state index contributed by atoms with van der Waals surface area (Å²) in [5.74, 6) is 0.672. The SMILES string of the molecule is OCc1cc(Br)ccc1OC/C=C/Cl. The van der Waals surface area contributed by atoms with Crippen LogP contribution in [0.4, 0.5) is 0 Å². The highest BCUT2D eigenvalue weighted by Crippen LogP contribution is 2.23. The molecule has 0 saturated heterocycles. The molecule has 0 fully saturated rings. The Hall–Kier alpha value is -0.510. The fourth-order valence-electron chi connectivity index (χ4n) is 0.987. The molecule has 0 aliphatic carbocycles. The highest BCUT2D eigenvalue weighted by atomic mass is 79.9. The summed E-state index contributed by atoms with van der Waals surface area (Å²) in [6.45, 7) is 0.359. The van der Waals surface area contributed by atoms with Gasteiger partial charge in [-0.3, -0.25) is 0 Å². The van der Waals surface area contributed by atoms with Crippen LogP contribution in [0.15, 0.2) is 34.3 Å². The number of hydrogen-bond donors (Lipinski definition) is 1. The minimum absolute atomic E-state index is 0.0423. The summed E-state index contributed by atoms with van der Waals surface area (Å²) >= 11 is 8.67. The monoisotopic (exact) mass is 276 g/mol. The molecule has 1 N–H and O–H groups in total. The third-order valence-corrected chi connectivity index (χ3v) is 2.29. The van der Waals surface area contributed by atoms with Gasteiger partial charge in [0, 0.05) is 15.6 Å². The van der Waals surface area contributed by atoms with Crippen molar-refractivity contribution in [2.24, 2.45) is 0 Å². The van der Waals surface area contributed by atoms with E-state index in [1.54, 1.807) is 12.1 Å². The molecule has 0 aliphatic heterocycles. The number of hydrogen-bond acceptors (Lipinski definition) is 2. The van der Waals surface area contributed by atoms with Gasteiger partial charge in [0.05, 0.1) is 6.61 Å². The molecule has 0 atom stereocenters. The molecule has 0 heterocycles. The zero-order valence-corrected chi connectivity index (χ0v) is 9.75. The highest BCUT2D eigenvalue weighted by Gasteiger charge is 2.02. The van der Waals surface area contributed by atoms with Gasteiger partial charge in [-0.1, -0.05) is 27.5 Å². The average molecular weight is 278 g/mol. The van der Waals surface area contributed by atoms with Gasteiger partial charge >= 0.3 is 0 Å². The number of benzene rings is 1. The van der Waals surface area contributed by atoms with E-state index in [1.807, 2.05) is 12.1 Å². The van der Waals surface area contributed by atoms with Gasteiger partial charge < -0.3 is 9.84 Å². The summed E-state index contributed by atoms with van der Waals surface area (Å²) in [4.78, 5) is 0. The van der Waals surface area contributed by atoms with E-state index in [1.165, 1.54) is 5.54 Å². The lowest BCUT2D eigenvalue weighted by molar-refractivity contribution is 0.270. The third-order valence-electron chi connectivity index (χ3n) is 1.62. The Balaban J connectivity index is 2.74. The second-order valence-corrected chi connectivity index (χ2v) is 3.75. The van der Waals surface area contributed by atoms with E-state index in [4.69, 9.17) is 21.4 Å². The lowest BCUT2D eigenvalue weighted by atomic mass is 10.2. The number of aliphatic hydroxyl groups is 1. The first-order valence-electron chi connectivity index (χ1n) is 4.05. The molecule has 1 aromatic rings. The van der Waals surface area contributed by atoms with Crippen LogP contribution in [0.3, 0.4) is 0 Å². The summed E-state index contributed by atoms with van der Waals surface area (Å²) < 4.78 is 6.29. The zero-order valence-electron chi connectivity index (χ0n) is 7.41. The smallest absolute Gasteiger partial charge is 0.125 e. The zero-order chi connectivity index (χ0) is 10.4. The van der Waals surface area contributed by atoms with Gasteiger partial charge in [0.25, 0.3) is 0 Å². The summed E-state index contributed by atoms with van der Waals surface area (Å²) in [6.07, 6.45) is 1.69. The van der Waals surface area contributed by atoms with Crippen LogP contribution in [0.1, 0.15) is 5.56 Å². The molecule has 0 radical (unpaired) electrons. The van der Waals surface area contributed by atoms with E-state index in [9.17, 15) is 0 Å². The van der Waals surface area contributed by atoms with Crippen molar-refractivity contribution in [2.75, 3.05) is 6.61 Å². The minimum atomic E-state index is -0.0423. The van der Waals surface area contributed by atoms with E-state index in [0.29, 0.717) is 12.4 Å². The van der Waals surface area contributed by atoms with Crippen molar-refractivity contribution < 1.29 is 9.84 Å². The number of ether oxygens (including phenoxy) is 1. The van der Waals surface area contributed by atoms with Gasteiger partial charge in [0.2, 0.25) is 0 Å². The van der Waals surface area contributed by atoms with E-state index in [0.717, 1.165) is 10.0 Å². The quantitative estimate of drug-likeness (QED) is 0.916. The van der Waals surface area contributed by atoms with Crippen LogP contribution in [0.2, 0.25) is 0 Å². The molecule has 0 aromatic heterocycles. The van der Waals surface area contributed by atoms with Crippen LogP contribution < -0.4 is 4.74 Å². The molecule has 0 spiro atoms. The molecule has 0 bridgehead atoms. The van der Waals surface area contributed by atoms with Gasteiger partial charge in [-0.25, -0.2) is 0 Å². The maximum absolute atomic E-state index is 9.05. The first-order chi connectivity index (χ1) is 6.77. The Bertz CT molecular complexity index is 326. The van der Waals surface area contributed by atoms with E-state index in [2.05, 4.69) is 15.9 Å². The van der Waals surface area contributed by atoms with Gasteiger partial charge in [0.15, 0.2) is 0 Å². The molecule has 2 nitrogen and oxygen atoms in total. The van der Waals surface area contributed by atoms with Crippen molar-refractivity contribution in [2.45, 2.75) is 6.61 Å². The Morgan fingerprint density at radius 3 is 2.93 bits per heavy atom. The normalized spacial score (nSPS) is 10.8. The van der Waals surface area contributed by atoms with E-state index in [-0.39, 0.29) is 6.61 Å². The number of halogens is 2. The van der Waals surface area contributed by atoms with Crippen molar-refractivity contribution in [1.82, 2.24) is 0 Å². The Morgan fingerprint density at radius 2 is 2.29 bits per heavy atom. The number of aliphatic hydroxyl groups excluding tert-OH is 1. The molecule has 0 amide bonds. The molecule has 76 valence electrons.